The first kappa shape index (κ1) is 18.9. The van der Waals surface area contributed by atoms with Crippen molar-refractivity contribution < 1.29 is 0 Å². The highest BCUT2D eigenvalue weighted by molar-refractivity contribution is 5.80. The monoisotopic (exact) mass is 399 g/mol. The number of rotatable bonds is 4. The van der Waals surface area contributed by atoms with Gasteiger partial charge in [0.2, 0.25) is 0 Å². The summed E-state index contributed by atoms with van der Waals surface area (Å²) >= 11 is 0. The van der Waals surface area contributed by atoms with Crippen LogP contribution in [0.5, 0.6) is 0 Å². The van der Waals surface area contributed by atoms with Gasteiger partial charge in [0, 0.05) is 12.6 Å². The van der Waals surface area contributed by atoms with Crippen molar-refractivity contribution in [3.8, 4) is 5.69 Å². The van der Waals surface area contributed by atoms with Crippen LogP contribution in [0, 0.1) is 13.0 Å². The number of benzene rings is 2. The van der Waals surface area contributed by atoms with Crippen LogP contribution in [0.3, 0.4) is 0 Å². The summed E-state index contributed by atoms with van der Waals surface area (Å²) in [7, 11) is 0. The number of para-hydroxylation sites is 1. The third kappa shape index (κ3) is 2.90. The predicted octanol–water partition coefficient (Wildman–Crippen LogP) is 4.89. The van der Waals surface area contributed by atoms with Gasteiger partial charge in [0.1, 0.15) is 11.5 Å². The number of H-pyrrole nitrogens is 1. The molecule has 2 aromatic carbocycles. The van der Waals surface area contributed by atoms with E-state index in [0.717, 1.165) is 47.6 Å². The lowest BCUT2D eigenvalue weighted by Gasteiger charge is -2.36. The van der Waals surface area contributed by atoms with Crippen molar-refractivity contribution in [3.63, 3.8) is 0 Å². The molecule has 1 radical (unpaired) electrons. The lowest BCUT2D eigenvalue weighted by atomic mass is 9.96. The Morgan fingerprint density at radius 1 is 1.20 bits per heavy atom. The number of imidazole rings is 1. The predicted molar refractivity (Wildman–Crippen MR) is 119 cm³/mol. The summed E-state index contributed by atoms with van der Waals surface area (Å²) in [5.74, 6) is 1.45. The van der Waals surface area contributed by atoms with Gasteiger partial charge in [0.05, 0.1) is 34.7 Å². The molecule has 6 heteroatoms. The zero-order valence-electron chi connectivity index (χ0n) is 18.0. The van der Waals surface area contributed by atoms with Gasteiger partial charge in [-0.15, -0.1) is 4.80 Å². The molecule has 1 aliphatic heterocycles. The van der Waals surface area contributed by atoms with E-state index in [-0.39, 0.29) is 5.54 Å². The van der Waals surface area contributed by atoms with Crippen LogP contribution in [0.15, 0.2) is 42.7 Å². The van der Waals surface area contributed by atoms with Crippen LogP contribution in [-0.4, -0.2) is 31.5 Å². The van der Waals surface area contributed by atoms with Crippen LogP contribution >= 0.6 is 0 Å². The number of nitrogens with zero attached hydrogens (tertiary/aromatic N) is 5. The minimum Gasteiger partial charge on any atom is -0.357 e. The van der Waals surface area contributed by atoms with Crippen molar-refractivity contribution >= 4 is 16.7 Å². The molecular weight excluding hydrogens is 372 g/mol. The number of nitrogens with one attached hydrogen (secondary N) is 1. The molecule has 1 aliphatic rings. The lowest BCUT2D eigenvalue weighted by Crippen LogP contribution is -2.40. The van der Waals surface area contributed by atoms with Crippen LogP contribution < -0.4 is 4.90 Å². The van der Waals surface area contributed by atoms with Crippen molar-refractivity contribution in [1.82, 2.24) is 25.0 Å². The first-order chi connectivity index (χ1) is 14.5. The van der Waals surface area contributed by atoms with Crippen molar-refractivity contribution in [3.05, 3.63) is 65.7 Å². The summed E-state index contributed by atoms with van der Waals surface area (Å²) in [6, 6.07) is 14.0. The molecule has 4 aromatic rings. The topological polar surface area (TPSA) is 62.6 Å². The van der Waals surface area contributed by atoms with E-state index < -0.39 is 0 Å². The Balaban J connectivity index is 1.65. The number of hydrogen-bond donors (Lipinski definition) is 1. The molecule has 1 saturated heterocycles. The molecule has 6 nitrogen and oxygen atoms in total. The smallest absolute Gasteiger partial charge is 0.132 e. The number of aryl methyl sites for hydroxylation is 1. The lowest BCUT2D eigenvalue weighted by molar-refractivity contribution is 0.465. The number of fused-ring (bicyclic) bond motifs is 1. The molecule has 0 saturated carbocycles. The molecular formula is C24H27N6. The van der Waals surface area contributed by atoms with Crippen LogP contribution in [0.4, 0.5) is 5.69 Å². The zero-order chi connectivity index (χ0) is 20.9. The Morgan fingerprint density at radius 2 is 2.00 bits per heavy atom. The Morgan fingerprint density at radius 3 is 2.77 bits per heavy atom. The largest absolute Gasteiger partial charge is 0.357 e. The van der Waals surface area contributed by atoms with E-state index in [4.69, 9.17) is 4.98 Å². The standard InChI is InChI=1S/C24H27N6/c1-16(2)18-7-5-8-19-22(18)28-23(27-19)24(4)11-6-14-29(24)21-15-17(3)9-10-20(21)30-25-12-13-26-30/h5,7-9,12-13,15-16H,6,11,14H2,1-4H3,(H,27,28)/t24-/m0/s1. The number of anilines is 1. The van der Waals surface area contributed by atoms with Crippen LogP contribution in [0.1, 0.15) is 56.5 Å². The molecule has 3 heterocycles. The molecule has 2 aromatic heterocycles. The first-order valence-corrected chi connectivity index (χ1v) is 10.6. The first-order valence-electron chi connectivity index (χ1n) is 10.6. The summed E-state index contributed by atoms with van der Waals surface area (Å²) in [5, 5.41) is 8.72. The van der Waals surface area contributed by atoms with Crippen molar-refractivity contribution in [2.24, 2.45) is 0 Å². The summed E-state index contributed by atoms with van der Waals surface area (Å²) in [6.07, 6.45) is 5.54. The van der Waals surface area contributed by atoms with Gasteiger partial charge in [-0.2, -0.15) is 10.2 Å². The molecule has 1 N–H and O–H groups in total. The minimum atomic E-state index is -0.239. The van der Waals surface area contributed by atoms with E-state index in [1.54, 1.807) is 17.2 Å². The highest BCUT2D eigenvalue weighted by Gasteiger charge is 2.42. The molecule has 30 heavy (non-hydrogen) atoms. The van der Waals surface area contributed by atoms with E-state index in [1.807, 2.05) is 6.07 Å². The van der Waals surface area contributed by atoms with Gasteiger partial charge < -0.3 is 9.88 Å². The van der Waals surface area contributed by atoms with E-state index >= 15 is 0 Å². The molecule has 1 fully saturated rings. The molecule has 0 aliphatic carbocycles. The van der Waals surface area contributed by atoms with Crippen molar-refractivity contribution in [1.29, 1.82) is 0 Å². The third-order valence-electron chi connectivity index (χ3n) is 6.27. The van der Waals surface area contributed by atoms with E-state index in [2.05, 4.69) is 78.1 Å². The van der Waals surface area contributed by atoms with Crippen molar-refractivity contribution in [2.45, 2.75) is 52.0 Å². The Bertz CT molecular complexity index is 1190. The van der Waals surface area contributed by atoms with Crippen LogP contribution in [0.25, 0.3) is 16.7 Å². The molecule has 1 atom stereocenters. The molecule has 0 unspecified atom stereocenters. The van der Waals surface area contributed by atoms with Crippen LogP contribution in [0.2, 0.25) is 0 Å². The average Bonchev–Trinajstić information content (AvgIpc) is 3.47. The Hall–Kier alpha value is -3.15. The van der Waals surface area contributed by atoms with Crippen LogP contribution in [-0.2, 0) is 5.54 Å². The summed E-state index contributed by atoms with van der Waals surface area (Å²) in [5.41, 5.74) is 6.37. The molecule has 0 spiro atoms. The number of aromatic amines is 1. The SMILES string of the molecule is Cc1c[c]c(-n2nccn2)c(N2CCC[C@@]2(C)c2nc3c(C(C)C)cccc3[nH]2)c1. The highest BCUT2D eigenvalue weighted by atomic mass is 15.5. The fourth-order valence-corrected chi connectivity index (χ4v) is 4.65. The third-order valence-corrected chi connectivity index (χ3v) is 6.27. The van der Waals surface area contributed by atoms with Gasteiger partial charge in [0.25, 0.3) is 0 Å². The highest BCUT2D eigenvalue weighted by Crippen LogP contribution is 2.43. The van der Waals surface area contributed by atoms with Gasteiger partial charge in [-0.05, 0) is 61.9 Å². The Kier molecular flexibility index (Phi) is 4.38. The van der Waals surface area contributed by atoms with E-state index in [0.29, 0.717) is 5.92 Å². The fraction of sp³-hybridized carbons (Fsp3) is 0.375. The number of hydrogen-bond acceptors (Lipinski definition) is 4. The van der Waals surface area contributed by atoms with Gasteiger partial charge >= 0.3 is 0 Å². The Labute approximate surface area is 176 Å². The van der Waals surface area contributed by atoms with E-state index in [9.17, 15) is 0 Å². The number of aromatic nitrogens is 5. The second kappa shape index (κ2) is 6.97. The summed E-state index contributed by atoms with van der Waals surface area (Å²) < 4.78 is 0. The average molecular weight is 400 g/mol. The molecule has 0 bridgehead atoms. The second-order valence-corrected chi connectivity index (χ2v) is 8.74. The summed E-state index contributed by atoms with van der Waals surface area (Å²) in [6.45, 7) is 9.78. The van der Waals surface area contributed by atoms with Gasteiger partial charge in [0.15, 0.2) is 0 Å². The second-order valence-electron chi connectivity index (χ2n) is 8.74. The zero-order valence-corrected chi connectivity index (χ0v) is 18.0. The van der Waals surface area contributed by atoms with Gasteiger partial charge in [-0.25, -0.2) is 4.98 Å². The fourth-order valence-electron chi connectivity index (χ4n) is 4.65. The maximum absolute atomic E-state index is 5.13. The van der Waals surface area contributed by atoms with Crippen molar-refractivity contribution in [2.75, 3.05) is 11.4 Å². The summed E-state index contributed by atoms with van der Waals surface area (Å²) in [4.78, 5) is 12.9. The molecule has 153 valence electrons. The molecule has 5 rings (SSSR count). The normalized spacial score (nSPS) is 19.3. The van der Waals surface area contributed by atoms with Gasteiger partial charge in [-0.1, -0.05) is 26.0 Å². The van der Waals surface area contributed by atoms with Gasteiger partial charge in [-0.3, -0.25) is 0 Å². The van der Waals surface area contributed by atoms with E-state index in [1.165, 1.54) is 11.1 Å². The molecule has 0 amide bonds. The maximum atomic E-state index is 5.13. The quantitative estimate of drug-likeness (QED) is 0.531. The maximum Gasteiger partial charge on any atom is 0.132 e. The minimum absolute atomic E-state index is 0.239.